The predicted molar refractivity (Wildman–Crippen MR) is 89.4 cm³/mol. The Morgan fingerprint density at radius 3 is 2.30 bits per heavy atom. The Bertz CT molecular complexity index is 712. The van der Waals surface area contributed by atoms with Gasteiger partial charge in [0.05, 0.1) is 5.56 Å². The number of nitrogens with two attached hydrogens (primary N) is 1. The number of ketones is 1. The molecule has 1 atom stereocenters. The molecule has 2 aromatic carbocycles. The molecule has 1 aliphatic rings. The molecule has 23 heavy (non-hydrogen) atoms. The molecule has 0 aliphatic carbocycles. The van der Waals surface area contributed by atoms with Crippen LogP contribution in [0.4, 0.5) is 0 Å². The van der Waals surface area contributed by atoms with Crippen LogP contribution in [0.1, 0.15) is 32.7 Å². The summed E-state index contributed by atoms with van der Waals surface area (Å²) in [5.74, 6) is 0.154. The highest BCUT2D eigenvalue weighted by Gasteiger charge is 2.28. The second kappa shape index (κ2) is 6.75. The largest absolute Gasteiger partial charge is 0.338 e. The summed E-state index contributed by atoms with van der Waals surface area (Å²) in [6.07, 6.45) is 0.928. The molecule has 1 heterocycles. The fourth-order valence-electron chi connectivity index (χ4n) is 2.99. The van der Waals surface area contributed by atoms with E-state index in [0.29, 0.717) is 42.2 Å². The van der Waals surface area contributed by atoms with Crippen molar-refractivity contribution >= 4 is 11.7 Å². The normalized spacial score (nSPS) is 17.3. The number of carbonyl (C=O) groups is 2. The number of likely N-dealkylation sites (tertiary alicyclic amines) is 1. The Balaban J connectivity index is 1.89. The van der Waals surface area contributed by atoms with Crippen molar-refractivity contribution in [1.29, 1.82) is 0 Å². The summed E-state index contributed by atoms with van der Waals surface area (Å²) in [5, 5.41) is 0. The SMILES string of the molecule is NCC1CCN(C(=O)c2ccccc2C(=O)c2ccccc2)C1. The molecule has 4 nitrogen and oxygen atoms in total. The van der Waals surface area contributed by atoms with Crippen LogP contribution >= 0.6 is 0 Å². The molecule has 1 unspecified atom stereocenters. The summed E-state index contributed by atoms with van der Waals surface area (Å²) in [6.45, 7) is 1.96. The summed E-state index contributed by atoms with van der Waals surface area (Å²) in [7, 11) is 0. The Hall–Kier alpha value is -2.46. The Kier molecular flexibility index (Phi) is 4.53. The van der Waals surface area contributed by atoms with Gasteiger partial charge in [-0.15, -0.1) is 0 Å². The highest BCUT2D eigenvalue weighted by molar-refractivity contribution is 6.15. The predicted octanol–water partition coefficient (Wildman–Crippen LogP) is 2.34. The van der Waals surface area contributed by atoms with Crippen LogP contribution in [0.15, 0.2) is 54.6 Å². The van der Waals surface area contributed by atoms with Gasteiger partial charge in [0.1, 0.15) is 0 Å². The molecular formula is C19H20N2O2. The highest BCUT2D eigenvalue weighted by Crippen LogP contribution is 2.21. The van der Waals surface area contributed by atoms with Gasteiger partial charge in [0.25, 0.3) is 5.91 Å². The summed E-state index contributed by atoms with van der Waals surface area (Å²) >= 11 is 0. The molecule has 1 amide bonds. The van der Waals surface area contributed by atoms with E-state index in [0.717, 1.165) is 6.42 Å². The monoisotopic (exact) mass is 308 g/mol. The van der Waals surface area contributed by atoms with E-state index >= 15 is 0 Å². The number of rotatable bonds is 4. The molecule has 4 heteroatoms. The van der Waals surface area contributed by atoms with Crippen molar-refractivity contribution in [1.82, 2.24) is 4.90 Å². The van der Waals surface area contributed by atoms with Gasteiger partial charge in [-0.25, -0.2) is 0 Å². The topological polar surface area (TPSA) is 63.4 Å². The average molecular weight is 308 g/mol. The quantitative estimate of drug-likeness (QED) is 0.882. The number of amides is 1. The van der Waals surface area contributed by atoms with Crippen molar-refractivity contribution in [3.05, 3.63) is 71.3 Å². The molecule has 3 rings (SSSR count). The molecule has 2 aromatic rings. The number of hydrogen-bond donors (Lipinski definition) is 1. The third kappa shape index (κ3) is 3.17. The molecule has 118 valence electrons. The van der Waals surface area contributed by atoms with Gasteiger partial charge in [-0.1, -0.05) is 48.5 Å². The van der Waals surface area contributed by atoms with Crippen LogP contribution in [-0.4, -0.2) is 36.2 Å². The lowest BCUT2D eigenvalue weighted by Gasteiger charge is -2.18. The fourth-order valence-corrected chi connectivity index (χ4v) is 2.99. The van der Waals surface area contributed by atoms with Gasteiger partial charge in [0.15, 0.2) is 5.78 Å². The van der Waals surface area contributed by atoms with E-state index in [9.17, 15) is 9.59 Å². The molecule has 0 bridgehead atoms. The smallest absolute Gasteiger partial charge is 0.254 e. The lowest BCUT2D eigenvalue weighted by Crippen LogP contribution is -2.31. The van der Waals surface area contributed by atoms with Crippen molar-refractivity contribution in [2.24, 2.45) is 11.7 Å². The molecule has 1 saturated heterocycles. The Morgan fingerprint density at radius 2 is 1.65 bits per heavy atom. The first-order valence-corrected chi connectivity index (χ1v) is 7.89. The van der Waals surface area contributed by atoms with E-state index in [1.54, 1.807) is 41.3 Å². The number of carbonyl (C=O) groups excluding carboxylic acids is 2. The minimum atomic E-state index is -0.121. The van der Waals surface area contributed by atoms with Gasteiger partial charge in [-0.2, -0.15) is 0 Å². The summed E-state index contributed by atoms with van der Waals surface area (Å²) in [5.41, 5.74) is 7.22. The maximum absolute atomic E-state index is 12.8. The first kappa shape index (κ1) is 15.4. The van der Waals surface area contributed by atoms with Crippen molar-refractivity contribution in [3.63, 3.8) is 0 Å². The second-order valence-corrected chi connectivity index (χ2v) is 5.88. The van der Waals surface area contributed by atoms with E-state index in [2.05, 4.69) is 0 Å². The number of hydrogen-bond acceptors (Lipinski definition) is 3. The van der Waals surface area contributed by atoms with Crippen molar-refractivity contribution in [2.75, 3.05) is 19.6 Å². The van der Waals surface area contributed by atoms with Gasteiger partial charge >= 0.3 is 0 Å². The summed E-state index contributed by atoms with van der Waals surface area (Å²) in [4.78, 5) is 27.3. The number of nitrogens with zero attached hydrogens (tertiary/aromatic N) is 1. The molecule has 0 radical (unpaired) electrons. The number of benzene rings is 2. The molecule has 1 aliphatic heterocycles. The minimum Gasteiger partial charge on any atom is -0.338 e. The average Bonchev–Trinajstić information content (AvgIpc) is 3.10. The lowest BCUT2D eigenvalue weighted by atomic mass is 9.97. The van der Waals surface area contributed by atoms with E-state index in [1.807, 2.05) is 18.2 Å². The maximum atomic E-state index is 12.8. The third-order valence-electron chi connectivity index (χ3n) is 4.34. The van der Waals surface area contributed by atoms with Crippen LogP contribution in [0, 0.1) is 5.92 Å². The fraction of sp³-hybridized carbons (Fsp3) is 0.263. The van der Waals surface area contributed by atoms with Crippen molar-refractivity contribution < 1.29 is 9.59 Å². The maximum Gasteiger partial charge on any atom is 0.254 e. The summed E-state index contributed by atoms with van der Waals surface area (Å²) < 4.78 is 0. The van der Waals surface area contributed by atoms with Crippen LogP contribution in [0.2, 0.25) is 0 Å². The second-order valence-electron chi connectivity index (χ2n) is 5.88. The lowest BCUT2D eigenvalue weighted by molar-refractivity contribution is 0.0783. The van der Waals surface area contributed by atoms with Crippen LogP contribution < -0.4 is 5.73 Å². The zero-order valence-corrected chi connectivity index (χ0v) is 12.9. The third-order valence-corrected chi connectivity index (χ3v) is 4.34. The molecule has 2 N–H and O–H groups in total. The minimum absolute atomic E-state index is 0.0826. The van der Waals surface area contributed by atoms with E-state index in [1.165, 1.54) is 0 Å². The van der Waals surface area contributed by atoms with Crippen LogP contribution in [0.25, 0.3) is 0 Å². The standard InChI is InChI=1S/C19H20N2O2/c20-12-14-10-11-21(13-14)19(23)17-9-5-4-8-16(17)18(22)15-6-2-1-3-7-15/h1-9,14H,10-13,20H2. The highest BCUT2D eigenvalue weighted by atomic mass is 16.2. The van der Waals surface area contributed by atoms with Gasteiger partial charge in [0.2, 0.25) is 0 Å². The van der Waals surface area contributed by atoms with Crippen LogP contribution in [0.3, 0.4) is 0 Å². The first-order chi connectivity index (χ1) is 11.2. The molecular weight excluding hydrogens is 288 g/mol. The van der Waals surface area contributed by atoms with E-state index in [-0.39, 0.29) is 11.7 Å². The van der Waals surface area contributed by atoms with Crippen molar-refractivity contribution in [2.45, 2.75) is 6.42 Å². The van der Waals surface area contributed by atoms with Gasteiger partial charge in [-0.3, -0.25) is 9.59 Å². The summed E-state index contributed by atoms with van der Waals surface area (Å²) in [6, 6.07) is 16.1. The first-order valence-electron chi connectivity index (χ1n) is 7.89. The van der Waals surface area contributed by atoms with Crippen LogP contribution in [-0.2, 0) is 0 Å². The van der Waals surface area contributed by atoms with Gasteiger partial charge < -0.3 is 10.6 Å². The van der Waals surface area contributed by atoms with Gasteiger partial charge in [0, 0.05) is 24.2 Å². The zero-order valence-electron chi connectivity index (χ0n) is 12.9. The zero-order chi connectivity index (χ0) is 16.2. The van der Waals surface area contributed by atoms with Crippen molar-refractivity contribution in [3.8, 4) is 0 Å². The Labute approximate surface area is 135 Å². The molecule has 0 aromatic heterocycles. The van der Waals surface area contributed by atoms with E-state index in [4.69, 9.17) is 5.73 Å². The van der Waals surface area contributed by atoms with Gasteiger partial charge in [-0.05, 0) is 24.9 Å². The van der Waals surface area contributed by atoms with Crippen LogP contribution in [0.5, 0.6) is 0 Å². The van der Waals surface area contributed by atoms with E-state index < -0.39 is 0 Å². The Morgan fingerprint density at radius 1 is 1.00 bits per heavy atom. The molecule has 0 spiro atoms. The molecule has 1 fully saturated rings. The molecule has 0 saturated carbocycles.